The standard InChI is InChI=1S/C9H23N3/c1-6-9(10,7-11(2)3)8-12(4)5/h6-8,10H2,1-5H3. The Morgan fingerprint density at radius 1 is 1.00 bits per heavy atom. The Morgan fingerprint density at radius 3 is 1.50 bits per heavy atom. The molecule has 3 nitrogen and oxygen atoms in total. The van der Waals surface area contributed by atoms with Gasteiger partial charge in [-0.05, 0) is 34.6 Å². The lowest BCUT2D eigenvalue weighted by Gasteiger charge is -2.33. The van der Waals surface area contributed by atoms with Crippen molar-refractivity contribution in [2.45, 2.75) is 18.9 Å². The Labute approximate surface area is 76.5 Å². The molecule has 0 rings (SSSR count). The fraction of sp³-hybridized carbons (Fsp3) is 1.00. The first-order valence-corrected chi connectivity index (χ1v) is 4.48. The summed E-state index contributed by atoms with van der Waals surface area (Å²) in [5, 5.41) is 0. The summed E-state index contributed by atoms with van der Waals surface area (Å²) >= 11 is 0. The van der Waals surface area contributed by atoms with Crippen LogP contribution in [0.1, 0.15) is 13.3 Å². The average Bonchev–Trinajstić information content (AvgIpc) is 1.83. The molecule has 0 bridgehead atoms. The number of likely N-dealkylation sites (N-methyl/N-ethyl adjacent to an activating group) is 2. The molecule has 0 aliphatic heterocycles. The summed E-state index contributed by atoms with van der Waals surface area (Å²) in [6.45, 7) is 4.04. The second kappa shape index (κ2) is 4.80. The lowest BCUT2D eigenvalue weighted by atomic mass is 9.96. The number of nitrogens with two attached hydrogens (primary N) is 1. The highest BCUT2D eigenvalue weighted by Crippen LogP contribution is 2.08. The third-order valence-electron chi connectivity index (χ3n) is 1.97. The molecule has 74 valence electrons. The summed E-state index contributed by atoms with van der Waals surface area (Å²) in [5.41, 5.74) is 6.15. The van der Waals surface area contributed by atoms with Gasteiger partial charge in [-0.2, -0.15) is 0 Å². The van der Waals surface area contributed by atoms with E-state index in [0.29, 0.717) is 0 Å². The number of rotatable bonds is 5. The summed E-state index contributed by atoms with van der Waals surface area (Å²) in [4.78, 5) is 4.29. The average molecular weight is 173 g/mol. The van der Waals surface area contributed by atoms with Crippen molar-refractivity contribution in [1.82, 2.24) is 9.80 Å². The molecule has 0 aromatic heterocycles. The molecular formula is C9H23N3. The van der Waals surface area contributed by atoms with E-state index in [2.05, 4.69) is 44.9 Å². The van der Waals surface area contributed by atoms with E-state index in [0.717, 1.165) is 19.5 Å². The van der Waals surface area contributed by atoms with Gasteiger partial charge in [0.05, 0.1) is 0 Å². The van der Waals surface area contributed by atoms with Crippen LogP contribution in [0.15, 0.2) is 0 Å². The van der Waals surface area contributed by atoms with Crippen molar-refractivity contribution in [2.24, 2.45) is 5.73 Å². The molecule has 0 aliphatic rings. The van der Waals surface area contributed by atoms with Crippen LogP contribution in [0.4, 0.5) is 0 Å². The Hall–Kier alpha value is -0.120. The van der Waals surface area contributed by atoms with Crippen LogP contribution in [-0.2, 0) is 0 Å². The van der Waals surface area contributed by atoms with Crippen LogP contribution in [0, 0.1) is 0 Å². The van der Waals surface area contributed by atoms with E-state index in [-0.39, 0.29) is 5.54 Å². The molecular weight excluding hydrogens is 150 g/mol. The van der Waals surface area contributed by atoms with Gasteiger partial charge >= 0.3 is 0 Å². The Kier molecular flexibility index (Phi) is 4.75. The predicted octanol–water partition coefficient (Wildman–Crippen LogP) is 0.217. The van der Waals surface area contributed by atoms with E-state index in [1.165, 1.54) is 0 Å². The minimum atomic E-state index is -0.0625. The summed E-state index contributed by atoms with van der Waals surface area (Å²) in [6.07, 6.45) is 1.02. The summed E-state index contributed by atoms with van der Waals surface area (Å²) < 4.78 is 0. The van der Waals surface area contributed by atoms with Crippen LogP contribution in [0.5, 0.6) is 0 Å². The zero-order valence-electron chi connectivity index (χ0n) is 9.09. The lowest BCUT2D eigenvalue weighted by Crippen LogP contribution is -2.54. The molecule has 0 aliphatic carbocycles. The maximum Gasteiger partial charge on any atom is 0.0409 e. The molecule has 0 saturated heterocycles. The number of hydrogen-bond donors (Lipinski definition) is 1. The van der Waals surface area contributed by atoms with Crippen molar-refractivity contribution < 1.29 is 0 Å². The smallest absolute Gasteiger partial charge is 0.0409 e. The Bertz CT molecular complexity index is 111. The fourth-order valence-electron chi connectivity index (χ4n) is 1.53. The third kappa shape index (κ3) is 4.70. The molecule has 12 heavy (non-hydrogen) atoms. The van der Waals surface area contributed by atoms with E-state index in [4.69, 9.17) is 5.73 Å². The first-order chi connectivity index (χ1) is 5.39. The molecule has 0 heterocycles. The van der Waals surface area contributed by atoms with E-state index in [1.807, 2.05) is 0 Å². The van der Waals surface area contributed by atoms with Crippen LogP contribution in [-0.4, -0.2) is 56.6 Å². The third-order valence-corrected chi connectivity index (χ3v) is 1.97. The van der Waals surface area contributed by atoms with Crippen LogP contribution >= 0.6 is 0 Å². The van der Waals surface area contributed by atoms with Gasteiger partial charge in [0.25, 0.3) is 0 Å². The topological polar surface area (TPSA) is 32.5 Å². The molecule has 0 radical (unpaired) electrons. The number of hydrogen-bond acceptors (Lipinski definition) is 3. The summed E-state index contributed by atoms with van der Waals surface area (Å²) in [7, 11) is 8.25. The van der Waals surface area contributed by atoms with Gasteiger partial charge in [0.2, 0.25) is 0 Å². The maximum absolute atomic E-state index is 6.22. The molecule has 2 N–H and O–H groups in total. The van der Waals surface area contributed by atoms with Gasteiger partial charge in [0.1, 0.15) is 0 Å². The van der Waals surface area contributed by atoms with Crippen molar-refractivity contribution in [1.29, 1.82) is 0 Å². The zero-order valence-corrected chi connectivity index (χ0v) is 9.09. The quantitative estimate of drug-likeness (QED) is 0.645. The normalized spacial score (nSPS) is 13.0. The zero-order chi connectivity index (χ0) is 9.78. The SMILES string of the molecule is CCC(N)(CN(C)C)CN(C)C. The molecule has 0 saturated carbocycles. The first-order valence-electron chi connectivity index (χ1n) is 4.48. The minimum Gasteiger partial charge on any atom is -0.323 e. The highest BCUT2D eigenvalue weighted by atomic mass is 15.1. The van der Waals surface area contributed by atoms with E-state index in [1.54, 1.807) is 0 Å². The second-order valence-electron chi connectivity index (χ2n) is 4.19. The highest BCUT2D eigenvalue weighted by molar-refractivity contribution is 4.87. The minimum absolute atomic E-state index is 0.0625. The fourth-order valence-corrected chi connectivity index (χ4v) is 1.53. The monoisotopic (exact) mass is 173 g/mol. The number of nitrogens with zero attached hydrogens (tertiary/aromatic N) is 2. The Morgan fingerprint density at radius 2 is 1.33 bits per heavy atom. The van der Waals surface area contributed by atoms with Crippen molar-refractivity contribution >= 4 is 0 Å². The molecule has 0 aromatic carbocycles. The molecule has 0 fully saturated rings. The van der Waals surface area contributed by atoms with Crippen molar-refractivity contribution in [3.63, 3.8) is 0 Å². The van der Waals surface area contributed by atoms with E-state index >= 15 is 0 Å². The van der Waals surface area contributed by atoms with Crippen molar-refractivity contribution in [3.05, 3.63) is 0 Å². The van der Waals surface area contributed by atoms with Crippen molar-refractivity contribution in [3.8, 4) is 0 Å². The second-order valence-corrected chi connectivity index (χ2v) is 4.19. The van der Waals surface area contributed by atoms with Crippen LogP contribution < -0.4 is 5.73 Å². The van der Waals surface area contributed by atoms with Gasteiger partial charge in [-0.3, -0.25) is 0 Å². The van der Waals surface area contributed by atoms with Crippen LogP contribution in [0.3, 0.4) is 0 Å². The molecule has 0 atom stereocenters. The first kappa shape index (κ1) is 11.9. The molecule has 0 unspecified atom stereocenters. The van der Waals surface area contributed by atoms with Crippen LogP contribution in [0.25, 0.3) is 0 Å². The maximum atomic E-state index is 6.22. The summed E-state index contributed by atoms with van der Waals surface area (Å²) in [5.74, 6) is 0. The van der Waals surface area contributed by atoms with Gasteiger partial charge in [-0.15, -0.1) is 0 Å². The van der Waals surface area contributed by atoms with E-state index in [9.17, 15) is 0 Å². The van der Waals surface area contributed by atoms with Gasteiger partial charge in [-0.1, -0.05) is 6.92 Å². The Balaban J connectivity index is 4.04. The molecule has 0 spiro atoms. The highest BCUT2D eigenvalue weighted by Gasteiger charge is 2.23. The van der Waals surface area contributed by atoms with Gasteiger partial charge in [0.15, 0.2) is 0 Å². The van der Waals surface area contributed by atoms with Gasteiger partial charge in [-0.25, -0.2) is 0 Å². The largest absolute Gasteiger partial charge is 0.323 e. The predicted molar refractivity (Wildman–Crippen MR) is 54.3 cm³/mol. The van der Waals surface area contributed by atoms with Crippen LogP contribution in [0.2, 0.25) is 0 Å². The summed E-state index contributed by atoms with van der Waals surface area (Å²) in [6, 6.07) is 0. The molecule has 3 heteroatoms. The molecule has 0 aromatic rings. The van der Waals surface area contributed by atoms with Gasteiger partial charge < -0.3 is 15.5 Å². The lowest BCUT2D eigenvalue weighted by molar-refractivity contribution is 0.216. The van der Waals surface area contributed by atoms with Gasteiger partial charge in [0, 0.05) is 18.6 Å². The molecule has 0 amide bonds. The van der Waals surface area contributed by atoms with E-state index < -0.39 is 0 Å². The van der Waals surface area contributed by atoms with Crippen molar-refractivity contribution in [2.75, 3.05) is 41.3 Å².